The van der Waals surface area contributed by atoms with Crippen LogP contribution in [-0.2, 0) is 4.79 Å². The molecule has 2 aromatic rings. The maximum Gasteiger partial charge on any atom is 0.326 e. The summed E-state index contributed by atoms with van der Waals surface area (Å²) in [5.74, 6) is -1.81. The Kier molecular flexibility index (Phi) is 4.82. The molecule has 0 aliphatic carbocycles. The highest BCUT2D eigenvalue weighted by Gasteiger charge is 2.24. The number of rotatable bonds is 5. The zero-order chi connectivity index (χ0) is 16.3. The van der Waals surface area contributed by atoms with Crippen molar-refractivity contribution in [2.45, 2.75) is 19.9 Å². The number of carboxylic acids is 1. The number of carboxylic acid groups (broad SMARTS) is 1. The molecule has 2 rings (SSSR count). The van der Waals surface area contributed by atoms with Gasteiger partial charge in [-0.15, -0.1) is 0 Å². The van der Waals surface area contributed by atoms with E-state index >= 15 is 0 Å². The fourth-order valence-corrected chi connectivity index (χ4v) is 2.04. The lowest BCUT2D eigenvalue weighted by Gasteiger charge is -2.16. The smallest absolute Gasteiger partial charge is 0.326 e. The molecule has 0 radical (unpaired) electrons. The fraction of sp³-hybridized carbons (Fsp3) is 0.267. The van der Waals surface area contributed by atoms with E-state index in [1.807, 2.05) is 0 Å². The first kappa shape index (κ1) is 16.0. The molecule has 0 aliphatic heterocycles. The second kappa shape index (κ2) is 6.62. The number of benzene rings is 1. The summed E-state index contributed by atoms with van der Waals surface area (Å²) in [6.07, 6.45) is 1.63. The quantitative estimate of drug-likeness (QED) is 0.885. The van der Waals surface area contributed by atoms with Crippen LogP contribution in [0.4, 0.5) is 0 Å². The van der Waals surface area contributed by atoms with E-state index in [2.05, 4.69) is 10.4 Å². The van der Waals surface area contributed by atoms with Crippen LogP contribution in [0.5, 0.6) is 0 Å². The lowest BCUT2D eigenvalue weighted by molar-refractivity contribution is -0.140. The molecule has 2 N–H and O–H groups in total. The number of aliphatic carboxylic acids is 1. The normalized spacial score (nSPS) is 12.2. The molecule has 1 aromatic heterocycles. The molecule has 1 atom stereocenters. The SMILES string of the molecule is CC(C)[C@H](NC(=O)c1ccn(-c2ccc(Cl)cc2)n1)C(=O)O. The van der Waals surface area contributed by atoms with Crippen LogP contribution in [0, 0.1) is 5.92 Å². The van der Waals surface area contributed by atoms with Gasteiger partial charge in [0.15, 0.2) is 5.69 Å². The van der Waals surface area contributed by atoms with Crippen LogP contribution >= 0.6 is 11.6 Å². The molecule has 6 nitrogen and oxygen atoms in total. The number of hydrogen-bond donors (Lipinski definition) is 2. The van der Waals surface area contributed by atoms with Gasteiger partial charge in [0.25, 0.3) is 5.91 Å². The van der Waals surface area contributed by atoms with E-state index in [4.69, 9.17) is 16.7 Å². The summed E-state index contributed by atoms with van der Waals surface area (Å²) in [5, 5.41) is 16.3. The second-order valence-electron chi connectivity index (χ2n) is 5.16. The van der Waals surface area contributed by atoms with Gasteiger partial charge in [0.1, 0.15) is 6.04 Å². The van der Waals surface area contributed by atoms with Gasteiger partial charge in [-0.2, -0.15) is 5.10 Å². The van der Waals surface area contributed by atoms with Gasteiger partial charge in [-0.1, -0.05) is 25.4 Å². The van der Waals surface area contributed by atoms with Crippen molar-refractivity contribution in [1.29, 1.82) is 0 Å². The lowest BCUT2D eigenvalue weighted by atomic mass is 10.0. The van der Waals surface area contributed by atoms with E-state index in [0.29, 0.717) is 5.02 Å². The van der Waals surface area contributed by atoms with E-state index in [9.17, 15) is 9.59 Å². The third-order valence-corrected chi connectivity index (χ3v) is 3.38. The maximum atomic E-state index is 12.1. The number of amides is 1. The molecule has 0 aliphatic rings. The standard InChI is InChI=1S/C15H16ClN3O3/c1-9(2)13(15(21)22)17-14(20)12-7-8-19(18-12)11-5-3-10(16)4-6-11/h3-9,13H,1-2H3,(H,17,20)(H,21,22)/t13-/m0/s1. The van der Waals surface area contributed by atoms with Crippen molar-refractivity contribution >= 4 is 23.5 Å². The molecule has 1 amide bonds. The van der Waals surface area contributed by atoms with Gasteiger partial charge in [0, 0.05) is 11.2 Å². The molecule has 116 valence electrons. The Morgan fingerprint density at radius 2 is 1.86 bits per heavy atom. The molecule has 1 heterocycles. The van der Waals surface area contributed by atoms with Gasteiger partial charge in [-0.05, 0) is 36.2 Å². The molecular formula is C15H16ClN3O3. The van der Waals surface area contributed by atoms with Crippen LogP contribution in [0.3, 0.4) is 0 Å². The van der Waals surface area contributed by atoms with Gasteiger partial charge < -0.3 is 10.4 Å². The van der Waals surface area contributed by atoms with Gasteiger partial charge in [0.2, 0.25) is 0 Å². The highest BCUT2D eigenvalue weighted by atomic mass is 35.5. The zero-order valence-corrected chi connectivity index (χ0v) is 12.9. The largest absolute Gasteiger partial charge is 0.480 e. The van der Waals surface area contributed by atoms with Crippen LogP contribution in [0.1, 0.15) is 24.3 Å². The predicted octanol–water partition coefficient (Wildman–Crippen LogP) is 2.36. The van der Waals surface area contributed by atoms with Crippen molar-refractivity contribution in [1.82, 2.24) is 15.1 Å². The molecule has 7 heteroatoms. The average Bonchev–Trinajstić information content (AvgIpc) is 2.94. The van der Waals surface area contributed by atoms with Gasteiger partial charge in [-0.25, -0.2) is 9.48 Å². The Labute approximate surface area is 132 Å². The highest BCUT2D eigenvalue weighted by Crippen LogP contribution is 2.13. The summed E-state index contributed by atoms with van der Waals surface area (Å²) >= 11 is 5.82. The predicted molar refractivity (Wildman–Crippen MR) is 82.3 cm³/mol. The molecule has 0 saturated carbocycles. The van der Waals surface area contributed by atoms with E-state index in [1.54, 1.807) is 44.3 Å². The van der Waals surface area contributed by atoms with E-state index < -0.39 is 17.9 Å². The first-order valence-electron chi connectivity index (χ1n) is 6.74. The summed E-state index contributed by atoms with van der Waals surface area (Å²) in [7, 11) is 0. The van der Waals surface area contributed by atoms with E-state index in [1.165, 1.54) is 10.7 Å². The molecule has 0 spiro atoms. The Hall–Kier alpha value is -2.34. The summed E-state index contributed by atoms with van der Waals surface area (Å²) in [6, 6.07) is 7.56. The maximum absolute atomic E-state index is 12.1. The number of halogens is 1. The monoisotopic (exact) mass is 321 g/mol. The first-order chi connectivity index (χ1) is 10.4. The fourth-order valence-electron chi connectivity index (χ4n) is 1.91. The number of nitrogens with one attached hydrogen (secondary N) is 1. The zero-order valence-electron chi connectivity index (χ0n) is 12.2. The molecule has 0 bridgehead atoms. The van der Waals surface area contributed by atoms with Crippen LogP contribution in [0.2, 0.25) is 5.02 Å². The third kappa shape index (κ3) is 3.65. The molecule has 22 heavy (non-hydrogen) atoms. The highest BCUT2D eigenvalue weighted by molar-refractivity contribution is 6.30. The second-order valence-corrected chi connectivity index (χ2v) is 5.59. The number of aromatic nitrogens is 2. The van der Waals surface area contributed by atoms with Crippen LogP contribution < -0.4 is 5.32 Å². The Bertz CT molecular complexity index is 680. The van der Waals surface area contributed by atoms with Crippen molar-refractivity contribution in [3.8, 4) is 5.69 Å². The number of carbonyl (C=O) groups excluding carboxylic acids is 1. The minimum atomic E-state index is -1.07. The van der Waals surface area contributed by atoms with Crippen LogP contribution in [-0.4, -0.2) is 32.8 Å². The minimum absolute atomic E-state index is 0.154. The Balaban J connectivity index is 2.15. The van der Waals surface area contributed by atoms with Crippen LogP contribution in [0.25, 0.3) is 5.69 Å². The Morgan fingerprint density at radius 1 is 1.23 bits per heavy atom. The minimum Gasteiger partial charge on any atom is -0.480 e. The third-order valence-electron chi connectivity index (χ3n) is 3.13. The Morgan fingerprint density at radius 3 is 2.41 bits per heavy atom. The average molecular weight is 322 g/mol. The van der Waals surface area contributed by atoms with Crippen molar-refractivity contribution < 1.29 is 14.7 Å². The summed E-state index contributed by atoms with van der Waals surface area (Å²) in [5.41, 5.74) is 0.906. The molecular weight excluding hydrogens is 306 g/mol. The van der Waals surface area contributed by atoms with Crippen molar-refractivity contribution in [3.05, 3.63) is 47.2 Å². The summed E-state index contributed by atoms with van der Waals surface area (Å²) in [6.45, 7) is 3.46. The van der Waals surface area contributed by atoms with Gasteiger partial charge >= 0.3 is 5.97 Å². The van der Waals surface area contributed by atoms with E-state index in [-0.39, 0.29) is 11.6 Å². The number of hydrogen-bond acceptors (Lipinski definition) is 3. The van der Waals surface area contributed by atoms with Crippen molar-refractivity contribution in [2.24, 2.45) is 5.92 Å². The molecule has 0 saturated heterocycles. The van der Waals surface area contributed by atoms with Gasteiger partial charge in [-0.3, -0.25) is 4.79 Å². The molecule has 1 aromatic carbocycles. The van der Waals surface area contributed by atoms with Crippen molar-refractivity contribution in [3.63, 3.8) is 0 Å². The van der Waals surface area contributed by atoms with Gasteiger partial charge in [0.05, 0.1) is 5.69 Å². The van der Waals surface area contributed by atoms with Crippen LogP contribution in [0.15, 0.2) is 36.5 Å². The van der Waals surface area contributed by atoms with E-state index in [0.717, 1.165) is 5.69 Å². The van der Waals surface area contributed by atoms with Crippen molar-refractivity contribution in [2.75, 3.05) is 0 Å². The lowest BCUT2D eigenvalue weighted by Crippen LogP contribution is -2.44. The number of carbonyl (C=O) groups is 2. The first-order valence-corrected chi connectivity index (χ1v) is 7.11. The topological polar surface area (TPSA) is 84.2 Å². The summed E-state index contributed by atoms with van der Waals surface area (Å²) < 4.78 is 1.52. The summed E-state index contributed by atoms with van der Waals surface area (Å²) in [4.78, 5) is 23.2. The number of nitrogens with zero attached hydrogens (tertiary/aromatic N) is 2. The molecule has 0 fully saturated rings. The molecule has 0 unspecified atom stereocenters.